The molecule has 6 nitrogen and oxygen atoms in total. The van der Waals surface area contributed by atoms with Crippen LogP contribution < -0.4 is 5.73 Å². The first-order valence-electron chi connectivity index (χ1n) is 4.42. The summed E-state index contributed by atoms with van der Waals surface area (Å²) in [5.41, 5.74) is 5.61. The summed E-state index contributed by atoms with van der Waals surface area (Å²) >= 11 is 0. The summed E-state index contributed by atoms with van der Waals surface area (Å²) in [7, 11) is 0. The van der Waals surface area contributed by atoms with Gasteiger partial charge in [0, 0.05) is 19.1 Å². The molecule has 0 aromatic carbocycles. The fraction of sp³-hybridized carbons (Fsp3) is 0.750. The molecule has 0 aliphatic carbocycles. The van der Waals surface area contributed by atoms with E-state index in [0.29, 0.717) is 13.1 Å². The molecule has 1 aliphatic heterocycles. The minimum Gasteiger partial charge on any atom is -0.480 e. The maximum absolute atomic E-state index is 11.3. The van der Waals surface area contributed by atoms with E-state index in [1.165, 1.54) is 0 Å². The third kappa shape index (κ3) is 3.31. The van der Waals surface area contributed by atoms with E-state index < -0.39 is 12.6 Å². The van der Waals surface area contributed by atoms with Crippen molar-refractivity contribution in [1.29, 1.82) is 0 Å². The third-order valence-electron chi connectivity index (χ3n) is 2.03. The van der Waals surface area contributed by atoms with Crippen molar-refractivity contribution < 1.29 is 19.4 Å². The highest BCUT2D eigenvalue weighted by atomic mass is 16.5. The highest BCUT2D eigenvalue weighted by Gasteiger charge is 2.23. The van der Waals surface area contributed by atoms with Gasteiger partial charge in [-0.2, -0.15) is 0 Å². The summed E-state index contributed by atoms with van der Waals surface area (Å²) < 4.78 is 4.67. The van der Waals surface area contributed by atoms with Gasteiger partial charge in [-0.15, -0.1) is 0 Å². The second kappa shape index (κ2) is 4.92. The summed E-state index contributed by atoms with van der Waals surface area (Å²) in [5.74, 6) is -1.27. The molecule has 3 N–H and O–H groups in total. The number of aliphatic carboxylic acids is 1. The third-order valence-corrected chi connectivity index (χ3v) is 2.03. The first kappa shape index (κ1) is 10.9. The molecular weight excluding hydrogens is 188 g/mol. The predicted octanol–water partition coefficient (Wildman–Crippen LogP) is -1.35. The minimum atomic E-state index is -1.07. The summed E-state index contributed by atoms with van der Waals surface area (Å²) in [6, 6.07) is 0.0402. The van der Waals surface area contributed by atoms with Crippen LogP contribution in [-0.2, 0) is 14.3 Å². The number of carbonyl (C=O) groups excluding carboxylic acids is 1. The number of nitrogens with zero attached hydrogens (tertiary/aromatic N) is 1. The lowest BCUT2D eigenvalue weighted by molar-refractivity contribution is -0.145. The van der Waals surface area contributed by atoms with Crippen LogP contribution in [0.4, 0.5) is 0 Å². The van der Waals surface area contributed by atoms with Crippen molar-refractivity contribution in [2.75, 3.05) is 26.3 Å². The van der Waals surface area contributed by atoms with Crippen LogP contribution in [0.3, 0.4) is 0 Å². The molecule has 0 bridgehead atoms. The smallest absolute Gasteiger partial charge is 0.329 e. The molecule has 14 heavy (non-hydrogen) atoms. The normalized spacial score (nSPS) is 21.2. The van der Waals surface area contributed by atoms with Gasteiger partial charge in [0.25, 0.3) is 0 Å². The van der Waals surface area contributed by atoms with E-state index in [4.69, 9.17) is 10.8 Å². The van der Waals surface area contributed by atoms with Crippen molar-refractivity contribution in [1.82, 2.24) is 4.90 Å². The van der Waals surface area contributed by atoms with Gasteiger partial charge >= 0.3 is 5.97 Å². The summed E-state index contributed by atoms with van der Waals surface area (Å²) in [4.78, 5) is 23.0. The van der Waals surface area contributed by atoms with E-state index in [-0.39, 0.29) is 18.6 Å². The van der Waals surface area contributed by atoms with Crippen LogP contribution in [0.25, 0.3) is 0 Å². The van der Waals surface area contributed by atoms with Crippen molar-refractivity contribution in [2.24, 2.45) is 5.73 Å². The number of ether oxygens (including phenoxy) is 1. The van der Waals surface area contributed by atoms with Gasteiger partial charge in [0.1, 0.15) is 13.2 Å². The van der Waals surface area contributed by atoms with E-state index in [9.17, 15) is 9.59 Å². The number of hydrogen-bond donors (Lipinski definition) is 2. The van der Waals surface area contributed by atoms with E-state index >= 15 is 0 Å². The first-order chi connectivity index (χ1) is 6.59. The van der Waals surface area contributed by atoms with Crippen molar-refractivity contribution in [2.45, 2.75) is 12.5 Å². The Morgan fingerprint density at radius 2 is 2.21 bits per heavy atom. The quantitative estimate of drug-likeness (QED) is 0.587. The molecule has 1 heterocycles. The van der Waals surface area contributed by atoms with Crippen molar-refractivity contribution >= 4 is 11.9 Å². The van der Waals surface area contributed by atoms with Crippen LogP contribution in [-0.4, -0.2) is 54.2 Å². The van der Waals surface area contributed by atoms with Crippen molar-refractivity contribution in [3.05, 3.63) is 0 Å². The van der Waals surface area contributed by atoms with E-state index in [1.54, 1.807) is 4.90 Å². The molecule has 80 valence electrons. The lowest BCUT2D eigenvalue weighted by atomic mass is 10.3. The summed E-state index contributed by atoms with van der Waals surface area (Å²) in [6.45, 7) is 0.552. The number of nitrogens with two attached hydrogens (primary N) is 1. The molecule has 1 atom stereocenters. The van der Waals surface area contributed by atoms with Crippen LogP contribution in [0.5, 0.6) is 0 Å². The first-order valence-corrected chi connectivity index (χ1v) is 4.42. The number of carbonyl (C=O) groups is 2. The van der Waals surface area contributed by atoms with Gasteiger partial charge in [0.15, 0.2) is 0 Å². The van der Waals surface area contributed by atoms with Crippen LogP contribution in [0.2, 0.25) is 0 Å². The van der Waals surface area contributed by atoms with Crippen molar-refractivity contribution in [3.8, 4) is 0 Å². The zero-order chi connectivity index (χ0) is 10.6. The van der Waals surface area contributed by atoms with Crippen LogP contribution in [0, 0.1) is 0 Å². The number of amides is 1. The molecule has 6 heteroatoms. The lowest BCUT2D eigenvalue weighted by Gasteiger charge is -2.14. The predicted molar refractivity (Wildman–Crippen MR) is 47.6 cm³/mol. The van der Waals surface area contributed by atoms with Gasteiger partial charge in [-0.3, -0.25) is 4.79 Å². The summed E-state index contributed by atoms with van der Waals surface area (Å²) in [5, 5.41) is 8.26. The molecule has 1 unspecified atom stereocenters. The molecule has 0 aromatic rings. The Morgan fingerprint density at radius 1 is 1.50 bits per heavy atom. The Bertz CT molecular complexity index is 231. The van der Waals surface area contributed by atoms with Gasteiger partial charge in [0.05, 0.1) is 0 Å². The SMILES string of the molecule is NC1CCN(C(=O)COCC(=O)O)C1. The fourth-order valence-electron chi connectivity index (χ4n) is 1.33. The van der Waals surface area contributed by atoms with Gasteiger partial charge < -0.3 is 20.5 Å². The van der Waals surface area contributed by atoms with Gasteiger partial charge in [-0.1, -0.05) is 0 Å². The maximum Gasteiger partial charge on any atom is 0.329 e. The topological polar surface area (TPSA) is 92.9 Å². The molecule has 1 fully saturated rings. The zero-order valence-electron chi connectivity index (χ0n) is 7.81. The van der Waals surface area contributed by atoms with E-state index in [0.717, 1.165) is 6.42 Å². The fourth-order valence-corrected chi connectivity index (χ4v) is 1.33. The van der Waals surface area contributed by atoms with Gasteiger partial charge in [-0.05, 0) is 6.42 Å². The monoisotopic (exact) mass is 202 g/mol. The Kier molecular flexibility index (Phi) is 3.84. The standard InChI is InChI=1S/C8H14N2O4/c9-6-1-2-10(3-6)7(11)4-14-5-8(12)13/h6H,1-5,9H2,(H,12,13). The average molecular weight is 202 g/mol. The molecule has 0 radical (unpaired) electrons. The highest BCUT2D eigenvalue weighted by molar-refractivity contribution is 5.78. The second-order valence-electron chi connectivity index (χ2n) is 3.28. The maximum atomic E-state index is 11.3. The number of likely N-dealkylation sites (tertiary alicyclic amines) is 1. The lowest BCUT2D eigenvalue weighted by Crippen LogP contribution is -2.34. The van der Waals surface area contributed by atoms with Crippen LogP contribution >= 0.6 is 0 Å². The molecule has 1 rings (SSSR count). The highest BCUT2D eigenvalue weighted by Crippen LogP contribution is 2.06. The molecule has 1 aliphatic rings. The van der Waals surface area contributed by atoms with E-state index in [1.807, 2.05) is 0 Å². The van der Waals surface area contributed by atoms with Crippen LogP contribution in [0.15, 0.2) is 0 Å². The molecule has 0 saturated carbocycles. The zero-order valence-corrected chi connectivity index (χ0v) is 7.81. The molecule has 1 saturated heterocycles. The Labute approximate surface area is 81.6 Å². The van der Waals surface area contributed by atoms with Gasteiger partial charge in [-0.25, -0.2) is 4.79 Å². The Hall–Kier alpha value is -1.14. The largest absolute Gasteiger partial charge is 0.480 e. The number of rotatable bonds is 4. The van der Waals surface area contributed by atoms with Crippen molar-refractivity contribution in [3.63, 3.8) is 0 Å². The molecule has 1 amide bonds. The Morgan fingerprint density at radius 3 is 2.71 bits per heavy atom. The van der Waals surface area contributed by atoms with E-state index in [2.05, 4.69) is 4.74 Å². The average Bonchev–Trinajstić information content (AvgIpc) is 2.51. The van der Waals surface area contributed by atoms with Crippen LogP contribution in [0.1, 0.15) is 6.42 Å². The molecule has 0 aromatic heterocycles. The second-order valence-corrected chi connectivity index (χ2v) is 3.28. The number of carboxylic acid groups (broad SMARTS) is 1. The van der Waals surface area contributed by atoms with Gasteiger partial charge in [0.2, 0.25) is 5.91 Å². The summed E-state index contributed by atoms with van der Waals surface area (Å²) in [6.07, 6.45) is 0.796. The number of carboxylic acids is 1. The molecule has 0 spiro atoms. The molecular formula is C8H14N2O4. The number of hydrogen-bond acceptors (Lipinski definition) is 4. The minimum absolute atomic E-state index is 0.0402. The Balaban J connectivity index is 2.18.